The first-order chi connectivity index (χ1) is 10.4. The highest BCUT2D eigenvalue weighted by molar-refractivity contribution is 7.11. The Bertz CT molecular complexity index is 563. The zero-order valence-corrected chi connectivity index (χ0v) is 13.3. The van der Waals surface area contributed by atoms with Crippen LogP contribution in [0.2, 0.25) is 0 Å². The molecule has 1 aliphatic rings. The predicted molar refractivity (Wildman–Crippen MR) is 86.9 cm³/mol. The minimum atomic E-state index is 0.713. The van der Waals surface area contributed by atoms with Crippen molar-refractivity contribution in [3.8, 4) is 0 Å². The third-order valence-electron chi connectivity index (χ3n) is 3.70. The quantitative estimate of drug-likeness (QED) is 0.759. The monoisotopic (exact) mass is 302 g/mol. The average molecular weight is 302 g/mol. The van der Waals surface area contributed by atoms with Crippen molar-refractivity contribution in [3.63, 3.8) is 0 Å². The van der Waals surface area contributed by atoms with E-state index in [0.29, 0.717) is 5.92 Å². The van der Waals surface area contributed by atoms with Crippen LogP contribution in [0, 0.1) is 0 Å². The van der Waals surface area contributed by atoms with E-state index in [9.17, 15) is 0 Å². The van der Waals surface area contributed by atoms with Crippen LogP contribution in [-0.4, -0.2) is 25.2 Å². The Morgan fingerprint density at radius 3 is 2.81 bits per heavy atom. The van der Waals surface area contributed by atoms with Crippen LogP contribution in [0.25, 0.3) is 0 Å². The van der Waals surface area contributed by atoms with E-state index in [-0.39, 0.29) is 0 Å². The highest BCUT2D eigenvalue weighted by Crippen LogP contribution is 2.42. The summed E-state index contributed by atoms with van der Waals surface area (Å²) in [6.45, 7) is 2.57. The molecule has 3 nitrogen and oxygen atoms in total. The molecule has 0 spiro atoms. The maximum Gasteiger partial charge on any atom is 0.0975 e. The Balaban J connectivity index is 1.67. The van der Waals surface area contributed by atoms with E-state index in [0.717, 1.165) is 26.1 Å². The molecule has 0 radical (unpaired) electrons. The number of ether oxygens (including phenoxy) is 1. The van der Waals surface area contributed by atoms with Crippen LogP contribution < -0.4 is 5.32 Å². The lowest BCUT2D eigenvalue weighted by atomic mass is 10.2. The highest BCUT2D eigenvalue weighted by Gasteiger charge is 2.29. The van der Waals surface area contributed by atoms with Gasteiger partial charge >= 0.3 is 0 Å². The van der Waals surface area contributed by atoms with Crippen LogP contribution in [0.15, 0.2) is 30.3 Å². The van der Waals surface area contributed by atoms with Gasteiger partial charge in [-0.25, -0.2) is 4.98 Å². The summed E-state index contributed by atoms with van der Waals surface area (Å²) in [4.78, 5) is 6.33. The van der Waals surface area contributed by atoms with Gasteiger partial charge in [0.1, 0.15) is 0 Å². The van der Waals surface area contributed by atoms with Crippen molar-refractivity contribution in [1.82, 2.24) is 10.3 Å². The maximum atomic E-state index is 5.08. The molecule has 3 rings (SSSR count). The van der Waals surface area contributed by atoms with E-state index in [1.165, 1.54) is 34.0 Å². The van der Waals surface area contributed by atoms with Crippen LogP contribution in [0.4, 0.5) is 0 Å². The van der Waals surface area contributed by atoms with Gasteiger partial charge in [0, 0.05) is 37.4 Å². The molecule has 112 valence electrons. The van der Waals surface area contributed by atoms with Crippen LogP contribution >= 0.6 is 11.3 Å². The molecular formula is C17H22N2OS. The van der Waals surface area contributed by atoms with Gasteiger partial charge in [0.2, 0.25) is 0 Å². The highest BCUT2D eigenvalue weighted by atomic mass is 32.1. The number of hydrogen-bond acceptors (Lipinski definition) is 4. The van der Waals surface area contributed by atoms with Gasteiger partial charge in [-0.15, -0.1) is 11.3 Å². The van der Waals surface area contributed by atoms with Gasteiger partial charge in [-0.05, 0) is 18.4 Å². The summed E-state index contributed by atoms with van der Waals surface area (Å²) in [7, 11) is 1.74. The van der Waals surface area contributed by atoms with Crippen molar-refractivity contribution < 1.29 is 4.74 Å². The standard InChI is InChI=1S/C17H22N2OS/c1-20-10-9-18-12-15-17(14-7-8-14)19-16(21-15)11-13-5-3-2-4-6-13/h2-6,14,18H,7-12H2,1H3. The maximum absolute atomic E-state index is 5.08. The first-order valence-electron chi connectivity index (χ1n) is 7.59. The van der Waals surface area contributed by atoms with Crippen LogP contribution in [-0.2, 0) is 17.7 Å². The number of rotatable bonds is 8. The third kappa shape index (κ3) is 4.13. The summed E-state index contributed by atoms with van der Waals surface area (Å²) in [5, 5.41) is 4.69. The Morgan fingerprint density at radius 2 is 2.10 bits per heavy atom. The molecule has 1 N–H and O–H groups in total. The van der Waals surface area contributed by atoms with Gasteiger partial charge in [0.05, 0.1) is 17.3 Å². The molecule has 2 aromatic rings. The number of hydrogen-bond donors (Lipinski definition) is 1. The number of methoxy groups -OCH3 is 1. The van der Waals surface area contributed by atoms with Crippen molar-refractivity contribution in [3.05, 3.63) is 51.5 Å². The second-order valence-electron chi connectivity index (χ2n) is 5.52. The molecule has 0 saturated heterocycles. The Morgan fingerprint density at radius 1 is 1.29 bits per heavy atom. The van der Waals surface area contributed by atoms with Gasteiger partial charge < -0.3 is 10.1 Å². The summed E-state index contributed by atoms with van der Waals surface area (Å²) in [6, 6.07) is 10.6. The fourth-order valence-corrected chi connectivity index (χ4v) is 3.60. The number of aromatic nitrogens is 1. The van der Waals surface area contributed by atoms with Gasteiger partial charge in [-0.2, -0.15) is 0 Å². The van der Waals surface area contributed by atoms with Crippen LogP contribution in [0.1, 0.15) is 39.9 Å². The average Bonchev–Trinajstić information content (AvgIpc) is 3.27. The molecule has 1 heterocycles. The van der Waals surface area contributed by atoms with Gasteiger partial charge in [-0.3, -0.25) is 0 Å². The predicted octanol–water partition coefficient (Wildman–Crippen LogP) is 3.35. The van der Waals surface area contributed by atoms with Gasteiger partial charge in [0.15, 0.2) is 0 Å². The van der Waals surface area contributed by atoms with E-state index in [4.69, 9.17) is 9.72 Å². The van der Waals surface area contributed by atoms with Crippen molar-refractivity contribution in [2.24, 2.45) is 0 Å². The minimum absolute atomic E-state index is 0.713. The van der Waals surface area contributed by atoms with E-state index in [2.05, 4.69) is 35.6 Å². The summed E-state index contributed by atoms with van der Waals surface area (Å²) >= 11 is 1.87. The summed E-state index contributed by atoms with van der Waals surface area (Å²) < 4.78 is 5.08. The van der Waals surface area contributed by atoms with Crippen LogP contribution in [0.3, 0.4) is 0 Å². The van der Waals surface area contributed by atoms with Crippen molar-refractivity contribution in [1.29, 1.82) is 0 Å². The SMILES string of the molecule is COCCNCc1sc(Cc2ccccc2)nc1C1CC1. The fraction of sp³-hybridized carbons (Fsp3) is 0.471. The molecule has 4 heteroatoms. The molecule has 1 aromatic carbocycles. The Hall–Kier alpha value is -1.23. The molecule has 0 unspecified atom stereocenters. The molecule has 1 aliphatic carbocycles. The van der Waals surface area contributed by atoms with Crippen molar-refractivity contribution in [2.45, 2.75) is 31.7 Å². The molecule has 1 saturated carbocycles. The molecule has 0 bridgehead atoms. The smallest absolute Gasteiger partial charge is 0.0975 e. The molecule has 0 atom stereocenters. The lowest BCUT2D eigenvalue weighted by molar-refractivity contribution is 0.199. The Labute approximate surface area is 130 Å². The summed E-state index contributed by atoms with van der Waals surface area (Å²) in [5.74, 6) is 0.713. The normalized spacial score (nSPS) is 14.5. The molecule has 0 amide bonds. The lowest BCUT2D eigenvalue weighted by Gasteiger charge is -2.03. The summed E-state index contributed by atoms with van der Waals surface area (Å²) in [6.07, 6.45) is 3.56. The molecular weight excluding hydrogens is 280 g/mol. The first-order valence-corrected chi connectivity index (χ1v) is 8.40. The van der Waals surface area contributed by atoms with Crippen molar-refractivity contribution in [2.75, 3.05) is 20.3 Å². The number of nitrogens with one attached hydrogen (secondary N) is 1. The number of nitrogens with zero attached hydrogens (tertiary/aromatic N) is 1. The zero-order valence-electron chi connectivity index (χ0n) is 12.5. The molecule has 1 fully saturated rings. The van der Waals surface area contributed by atoms with E-state index >= 15 is 0 Å². The topological polar surface area (TPSA) is 34.1 Å². The molecule has 1 aromatic heterocycles. The zero-order chi connectivity index (χ0) is 14.5. The Kier molecular flexibility index (Phi) is 5.01. The first kappa shape index (κ1) is 14.7. The van der Waals surface area contributed by atoms with Gasteiger partial charge in [-0.1, -0.05) is 30.3 Å². The van der Waals surface area contributed by atoms with E-state index in [1.807, 2.05) is 11.3 Å². The third-order valence-corrected chi connectivity index (χ3v) is 4.77. The second kappa shape index (κ2) is 7.16. The second-order valence-corrected chi connectivity index (χ2v) is 6.69. The fourth-order valence-electron chi connectivity index (χ4n) is 2.44. The molecule has 21 heavy (non-hydrogen) atoms. The van der Waals surface area contributed by atoms with Crippen molar-refractivity contribution >= 4 is 11.3 Å². The minimum Gasteiger partial charge on any atom is -0.383 e. The summed E-state index contributed by atoms with van der Waals surface area (Å²) in [5.41, 5.74) is 2.68. The van der Waals surface area contributed by atoms with Crippen LogP contribution in [0.5, 0.6) is 0 Å². The van der Waals surface area contributed by atoms with Gasteiger partial charge in [0.25, 0.3) is 0 Å². The largest absolute Gasteiger partial charge is 0.383 e. The number of thiazole rings is 1. The molecule has 0 aliphatic heterocycles. The van der Waals surface area contributed by atoms with E-state index in [1.54, 1.807) is 7.11 Å². The van der Waals surface area contributed by atoms with E-state index < -0.39 is 0 Å². The number of benzene rings is 1. The lowest BCUT2D eigenvalue weighted by Crippen LogP contribution is -2.18.